The van der Waals surface area contributed by atoms with Crippen molar-refractivity contribution in [2.24, 2.45) is 0 Å². The van der Waals surface area contributed by atoms with Gasteiger partial charge in [-0.1, -0.05) is 12.1 Å². The quantitative estimate of drug-likeness (QED) is 0.385. The zero-order valence-corrected chi connectivity index (χ0v) is 17.9. The summed E-state index contributed by atoms with van der Waals surface area (Å²) >= 11 is 0. The van der Waals surface area contributed by atoms with Crippen molar-refractivity contribution in [3.63, 3.8) is 0 Å². The Morgan fingerprint density at radius 1 is 1.12 bits per heavy atom. The predicted octanol–water partition coefficient (Wildman–Crippen LogP) is 5.64. The third-order valence-corrected chi connectivity index (χ3v) is 6.10. The second-order valence-corrected chi connectivity index (χ2v) is 8.23. The smallest absolute Gasteiger partial charge is 0.370 e. The fraction of sp³-hybridized carbons (Fsp3) is 0.200. The van der Waals surface area contributed by atoms with E-state index in [1.54, 1.807) is 23.2 Å². The van der Waals surface area contributed by atoms with E-state index >= 15 is 0 Å². The number of alkyl halides is 3. The van der Waals surface area contributed by atoms with Crippen molar-refractivity contribution in [3.05, 3.63) is 89.6 Å². The molecule has 34 heavy (non-hydrogen) atoms. The monoisotopic (exact) mass is 468 g/mol. The number of carbonyl (C=O) groups is 1. The van der Waals surface area contributed by atoms with Crippen LogP contribution in [0.2, 0.25) is 0 Å². The molecule has 3 heterocycles. The number of rotatable bonds is 4. The standard InChI is InChI=1S/C25H20F4N4O/c26-19-4-3-6-21-23(19)17(24(34)32-21)13-31-16-7-8-22(18(12-16)25(27,28)29)33-11-9-15(14-33)20-5-1-2-10-30-20/h1-8,10,12-13,15,31H,9,11,14H2,(H,32,34)/b17-13-. The molecule has 0 radical (unpaired) electrons. The molecule has 3 aromatic rings. The number of benzene rings is 2. The van der Waals surface area contributed by atoms with Crippen LogP contribution < -0.4 is 15.5 Å². The lowest BCUT2D eigenvalue weighted by Crippen LogP contribution is -2.23. The number of carbonyl (C=O) groups excluding carboxylic acids is 1. The van der Waals surface area contributed by atoms with Crippen LogP contribution in [0, 0.1) is 5.82 Å². The van der Waals surface area contributed by atoms with Crippen LogP contribution in [0.1, 0.15) is 29.2 Å². The van der Waals surface area contributed by atoms with Gasteiger partial charge in [-0.15, -0.1) is 0 Å². The van der Waals surface area contributed by atoms with Gasteiger partial charge in [-0.2, -0.15) is 13.2 Å². The fourth-order valence-electron chi connectivity index (χ4n) is 4.47. The van der Waals surface area contributed by atoms with Crippen molar-refractivity contribution in [3.8, 4) is 0 Å². The van der Waals surface area contributed by atoms with Crippen molar-refractivity contribution >= 4 is 28.5 Å². The normalized spacial score (nSPS) is 18.8. The van der Waals surface area contributed by atoms with E-state index in [1.165, 1.54) is 30.5 Å². The lowest BCUT2D eigenvalue weighted by atomic mass is 10.0. The van der Waals surface area contributed by atoms with Gasteiger partial charge in [0.1, 0.15) is 5.82 Å². The number of aromatic nitrogens is 1. The van der Waals surface area contributed by atoms with Gasteiger partial charge in [0.15, 0.2) is 0 Å². The zero-order chi connectivity index (χ0) is 23.9. The molecule has 1 atom stereocenters. The van der Waals surface area contributed by atoms with Crippen LogP contribution >= 0.6 is 0 Å². The summed E-state index contributed by atoms with van der Waals surface area (Å²) < 4.78 is 56.1. The maximum absolute atomic E-state index is 14.2. The Hall–Kier alpha value is -3.88. The van der Waals surface area contributed by atoms with Gasteiger partial charge in [-0.3, -0.25) is 9.78 Å². The molecule has 1 amide bonds. The van der Waals surface area contributed by atoms with Gasteiger partial charge < -0.3 is 15.5 Å². The predicted molar refractivity (Wildman–Crippen MR) is 122 cm³/mol. The highest BCUT2D eigenvalue weighted by molar-refractivity contribution is 6.31. The van der Waals surface area contributed by atoms with Gasteiger partial charge in [0.25, 0.3) is 5.91 Å². The number of halogens is 4. The van der Waals surface area contributed by atoms with E-state index in [2.05, 4.69) is 15.6 Å². The summed E-state index contributed by atoms with van der Waals surface area (Å²) in [4.78, 5) is 18.3. The van der Waals surface area contributed by atoms with Gasteiger partial charge in [-0.05, 0) is 48.9 Å². The first kappa shape index (κ1) is 21.9. The average molecular weight is 468 g/mol. The van der Waals surface area contributed by atoms with Crippen LogP contribution in [0.3, 0.4) is 0 Å². The topological polar surface area (TPSA) is 57.3 Å². The second kappa shape index (κ2) is 8.48. The number of hydrogen-bond donors (Lipinski definition) is 2. The molecule has 174 valence electrons. The molecule has 0 bridgehead atoms. The summed E-state index contributed by atoms with van der Waals surface area (Å²) in [6.45, 7) is 0.921. The molecular formula is C25H20F4N4O. The lowest BCUT2D eigenvalue weighted by molar-refractivity contribution is -0.137. The Labute approximate surface area is 193 Å². The van der Waals surface area contributed by atoms with Crippen LogP contribution in [0.5, 0.6) is 0 Å². The Balaban J connectivity index is 1.41. The number of anilines is 3. The third-order valence-electron chi connectivity index (χ3n) is 6.10. The summed E-state index contributed by atoms with van der Waals surface area (Å²) in [5, 5.41) is 5.28. The summed E-state index contributed by atoms with van der Waals surface area (Å²) in [7, 11) is 0. The van der Waals surface area contributed by atoms with Crippen LogP contribution in [-0.4, -0.2) is 24.0 Å². The maximum atomic E-state index is 14.2. The van der Waals surface area contributed by atoms with Gasteiger partial charge in [-0.25, -0.2) is 4.39 Å². The van der Waals surface area contributed by atoms with Crippen molar-refractivity contribution in [1.29, 1.82) is 0 Å². The molecule has 1 unspecified atom stereocenters. The molecule has 2 aliphatic rings. The fourth-order valence-corrected chi connectivity index (χ4v) is 4.47. The van der Waals surface area contributed by atoms with Gasteiger partial charge in [0.2, 0.25) is 0 Å². The molecule has 1 fully saturated rings. The molecule has 5 nitrogen and oxygen atoms in total. The van der Waals surface area contributed by atoms with E-state index in [9.17, 15) is 22.4 Å². The van der Waals surface area contributed by atoms with Crippen molar-refractivity contribution in [2.75, 3.05) is 28.6 Å². The van der Waals surface area contributed by atoms with Gasteiger partial charge in [0.05, 0.1) is 16.8 Å². The lowest BCUT2D eigenvalue weighted by Gasteiger charge is -2.24. The van der Waals surface area contributed by atoms with E-state index in [4.69, 9.17) is 0 Å². The maximum Gasteiger partial charge on any atom is 0.418 e. The van der Waals surface area contributed by atoms with E-state index in [-0.39, 0.29) is 28.4 Å². The minimum absolute atomic E-state index is 0.0171. The van der Waals surface area contributed by atoms with Crippen molar-refractivity contribution < 1.29 is 22.4 Å². The molecule has 0 aliphatic carbocycles. The largest absolute Gasteiger partial charge is 0.418 e. The zero-order valence-electron chi connectivity index (χ0n) is 17.9. The second-order valence-electron chi connectivity index (χ2n) is 8.23. The Morgan fingerprint density at radius 3 is 2.74 bits per heavy atom. The number of amides is 1. The Morgan fingerprint density at radius 2 is 1.97 bits per heavy atom. The molecule has 1 aromatic heterocycles. The Kier molecular flexibility index (Phi) is 5.47. The molecule has 9 heteroatoms. The molecule has 2 aromatic carbocycles. The molecule has 2 N–H and O–H groups in total. The first-order chi connectivity index (χ1) is 16.3. The highest BCUT2D eigenvalue weighted by Gasteiger charge is 2.37. The van der Waals surface area contributed by atoms with E-state index < -0.39 is 23.5 Å². The third kappa shape index (κ3) is 4.09. The van der Waals surface area contributed by atoms with E-state index in [0.29, 0.717) is 25.2 Å². The highest BCUT2D eigenvalue weighted by atomic mass is 19.4. The first-order valence-corrected chi connectivity index (χ1v) is 10.8. The highest BCUT2D eigenvalue weighted by Crippen LogP contribution is 2.41. The summed E-state index contributed by atoms with van der Waals surface area (Å²) in [5.74, 6) is -1.06. The SMILES string of the molecule is O=C1Nc2cccc(F)c2/C1=C/Nc1ccc(N2CCC(c3ccccn3)C2)c(C(F)(F)F)c1. The van der Waals surface area contributed by atoms with Crippen molar-refractivity contribution in [2.45, 2.75) is 18.5 Å². The van der Waals surface area contributed by atoms with E-state index in [0.717, 1.165) is 11.8 Å². The minimum Gasteiger partial charge on any atom is -0.370 e. The molecule has 0 saturated carbocycles. The van der Waals surface area contributed by atoms with Gasteiger partial charge >= 0.3 is 6.18 Å². The summed E-state index contributed by atoms with van der Waals surface area (Å²) in [5.41, 5.74) is 0.751. The molecule has 5 rings (SSSR count). The number of nitrogens with one attached hydrogen (secondary N) is 2. The van der Waals surface area contributed by atoms with Crippen LogP contribution in [0.15, 0.2) is 67.0 Å². The summed E-state index contributed by atoms with van der Waals surface area (Å²) in [6.07, 6.45) is -0.956. The molecular weight excluding hydrogens is 448 g/mol. The molecule has 1 saturated heterocycles. The number of hydrogen-bond acceptors (Lipinski definition) is 4. The number of fused-ring (bicyclic) bond motifs is 1. The minimum atomic E-state index is -4.58. The molecule has 2 aliphatic heterocycles. The number of pyridine rings is 1. The van der Waals surface area contributed by atoms with Gasteiger partial charge in [0, 0.05) is 54.0 Å². The van der Waals surface area contributed by atoms with Crippen LogP contribution in [0.25, 0.3) is 5.57 Å². The van der Waals surface area contributed by atoms with E-state index in [1.807, 2.05) is 12.1 Å². The van der Waals surface area contributed by atoms with Crippen LogP contribution in [0.4, 0.5) is 34.6 Å². The molecule has 0 spiro atoms. The first-order valence-electron chi connectivity index (χ1n) is 10.8. The average Bonchev–Trinajstić information content (AvgIpc) is 3.43. The Bertz CT molecular complexity index is 1270. The van der Waals surface area contributed by atoms with Crippen LogP contribution in [-0.2, 0) is 11.0 Å². The summed E-state index contributed by atoms with van der Waals surface area (Å²) in [6, 6.07) is 13.8. The van der Waals surface area contributed by atoms with Crippen molar-refractivity contribution in [1.82, 2.24) is 4.98 Å². The number of nitrogens with zero attached hydrogens (tertiary/aromatic N) is 2.